The van der Waals surface area contributed by atoms with Gasteiger partial charge in [-0.25, -0.2) is 13.1 Å². The van der Waals surface area contributed by atoms with Gasteiger partial charge < -0.3 is 10.2 Å². The topological polar surface area (TPSA) is 78.5 Å². The molecule has 0 atom stereocenters. The first-order valence-electron chi connectivity index (χ1n) is 6.23. The molecular weight excluding hydrogens is 302 g/mol. The van der Waals surface area contributed by atoms with E-state index in [0.29, 0.717) is 18.1 Å². The standard InChI is InChI=1S/C12H16ClN3O3S/c13-10-2-1-3-11(8-10)20(18,19)15-9-12(17)16-6-4-14-5-7-16/h1-3,8,14-15H,4-7,9H2. The molecule has 1 fully saturated rings. The molecule has 1 saturated heterocycles. The summed E-state index contributed by atoms with van der Waals surface area (Å²) >= 11 is 5.76. The van der Waals surface area contributed by atoms with Crippen molar-refractivity contribution in [3.05, 3.63) is 29.3 Å². The Morgan fingerprint density at radius 1 is 1.35 bits per heavy atom. The van der Waals surface area contributed by atoms with Crippen molar-refractivity contribution in [2.75, 3.05) is 32.7 Å². The van der Waals surface area contributed by atoms with Gasteiger partial charge in [-0.3, -0.25) is 4.79 Å². The second-order valence-corrected chi connectivity index (χ2v) is 6.62. The fourth-order valence-electron chi connectivity index (χ4n) is 1.90. The van der Waals surface area contributed by atoms with Gasteiger partial charge in [0, 0.05) is 31.2 Å². The number of carbonyl (C=O) groups is 1. The van der Waals surface area contributed by atoms with Crippen molar-refractivity contribution in [3.8, 4) is 0 Å². The summed E-state index contributed by atoms with van der Waals surface area (Å²) in [6.07, 6.45) is 0. The first kappa shape index (κ1) is 15.2. The summed E-state index contributed by atoms with van der Waals surface area (Å²) < 4.78 is 26.3. The van der Waals surface area contributed by atoms with Crippen LogP contribution in [0.25, 0.3) is 0 Å². The van der Waals surface area contributed by atoms with E-state index in [1.54, 1.807) is 17.0 Å². The van der Waals surface area contributed by atoms with Crippen molar-refractivity contribution in [2.45, 2.75) is 4.90 Å². The van der Waals surface area contributed by atoms with E-state index in [-0.39, 0.29) is 17.3 Å². The summed E-state index contributed by atoms with van der Waals surface area (Å²) in [7, 11) is -3.71. The lowest BCUT2D eigenvalue weighted by Gasteiger charge is -2.27. The van der Waals surface area contributed by atoms with E-state index in [1.807, 2.05) is 0 Å². The molecule has 1 heterocycles. The van der Waals surface area contributed by atoms with E-state index in [1.165, 1.54) is 12.1 Å². The first-order chi connectivity index (χ1) is 9.49. The summed E-state index contributed by atoms with van der Waals surface area (Å²) in [6, 6.07) is 5.92. The maximum atomic E-state index is 12.0. The van der Waals surface area contributed by atoms with Crippen LogP contribution in [0.5, 0.6) is 0 Å². The van der Waals surface area contributed by atoms with Crippen LogP contribution in [0.15, 0.2) is 29.2 Å². The Labute approximate surface area is 123 Å². The summed E-state index contributed by atoms with van der Waals surface area (Å²) in [6.45, 7) is 2.41. The molecule has 0 unspecified atom stereocenters. The molecular formula is C12H16ClN3O3S. The summed E-state index contributed by atoms with van der Waals surface area (Å²) in [5.41, 5.74) is 0. The van der Waals surface area contributed by atoms with Crippen molar-refractivity contribution in [1.82, 2.24) is 14.9 Å². The van der Waals surface area contributed by atoms with Crippen LogP contribution in [0.4, 0.5) is 0 Å². The van der Waals surface area contributed by atoms with E-state index < -0.39 is 10.0 Å². The van der Waals surface area contributed by atoms with Crippen molar-refractivity contribution < 1.29 is 13.2 Å². The molecule has 8 heteroatoms. The number of rotatable bonds is 4. The molecule has 1 amide bonds. The zero-order valence-electron chi connectivity index (χ0n) is 10.8. The quantitative estimate of drug-likeness (QED) is 0.822. The van der Waals surface area contributed by atoms with Crippen LogP contribution in [0.3, 0.4) is 0 Å². The second-order valence-electron chi connectivity index (χ2n) is 4.41. The minimum atomic E-state index is -3.71. The lowest BCUT2D eigenvalue weighted by atomic mass is 10.3. The molecule has 2 N–H and O–H groups in total. The number of hydrogen-bond acceptors (Lipinski definition) is 4. The van der Waals surface area contributed by atoms with Crippen LogP contribution < -0.4 is 10.0 Å². The summed E-state index contributed by atoms with van der Waals surface area (Å²) in [5, 5.41) is 3.46. The third-order valence-corrected chi connectivity index (χ3v) is 4.62. The van der Waals surface area contributed by atoms with Crippen LogP contribution in [-0.2, 0) is 14.8 Å². The van der Waals surface area contributed by atoms with E-state index in [2.05, 4.69) is 10.0 Å². The van der Waals surface area contributed by atoms with E-state index >= 15 is 0 Å². The predicted octanol–water partition coefficient (Wildman–Crippen LogP) is 0.0501. The number of benzene rings is 1. The smallest absolute Gasteiger partial charge is 0.241 e. The maximum Gasteiger partial charge on any atom is 0.241 e. The molecule has 2 rings (SSSR count). The number of amides is 1. The summed E-state index contributed by atoms with van der Waals surface area (Å²) in [5.74, 6) is -0.225. The van der Waals surface area contributed by atoms with Crippen molar-refractivity contribution in [3.63, 3.8) is 0 Å². The lowest BCUT2D eigenvalue weighted by Crippen LogP contribution is -2.49. The number of nitrogens with zero attached hydrogens (tertiary/aromatic N) is 1. The number of carbonyl (C=O) groups excluding carboxylic acids is 1. The zero-order chi connectivity index (χ0) is 14.6. The van der Waals surface area contributed by atoms with Crippen LogP contribution in [0, 0.1) is 0 Å². The van der Waals surface area contributed by atoms with Crippen LogP contribution in [-0.4, -0.2) is 51.9 Å². The molecule has 0 aliphatic carbocycles. The lowest BCUT2D eigenvalue weighted by molar-refractivity contribution is -0.130. The van der Waals surface area contributed by atoms with Crippen molar-refractivity contribution in [1.29, 1.82) is 0 Å². The van der Waals surface area contributed by atoms with Gasteiger partial charge in [-0.2, -0.15) is 0 Å². The minimum absolute atomic E-state index is 0.0538. The molecule has 0 aromatic heterocycles. The molecule has 1 aromatic carbocycles. The highest BCUT2D eigenvalue weighted by Crippen LogP contribution is 2.14. The highest BCUT2D eigenvalue weighted by molar-refractivity contribution is 7.89. The summed E-state index contributed by atoms with van der Waals surface area (Å²) in [4.78, 5) is 13.6. The molecule has 0 spiro atoms. The number of hydrogen-bond donors (Lipinski definition) is 2. The molecule has 110 valence electrons. The SMILES string of the molecule is O=C(CNS(=O)(=O)c1cccc(Cl)c1)N1CCNCC1. The highest BCUT2D eigenvalue weighted by atomic mass is 35.5. The number of piperazine rings is 1. The van der Waals surface area contributed by atoms with Crippen LogP contribution in [0.1, 0.15) is 0 Å². The Morgan fingerprint density at radius 3 is 2.70 bits per heavy atom. The van der Waals surface area contributed by atoms with Gasteiger partial charge in [-0.05, 0) is 18.2 Å². The Bertz CT molecular complexity index is 585. The Kier molecular flexibility index (Phi) is 4.98. The van der Waals surface area contributed by atoms with E-state index in [0.717, 1.165) is 13.1 Å². The van der Waals surface area contributed by atoms with Crippen molar-refractivity contribution >= 4 is 27.5 Å². The average Bonchev–Trinajstić information content (AvgIpc) is 2.46. The number of halogens is 1. The normalized spacial score (nSPS) is 16.1. The van der Waals surface area contributed by atoms with Crippen molar-refractivity contribution in [2.24, 2.45) is 0 Å². The fraction of sp³-hybridized carbons (Fsp3) is 0.417. The van der Waals surface area contributed by atoms with Crippen LogP contribution >= 0.6 is 11.6 Å². The Balaban J connectivity index is 1.97. The zero-order valence-corrected chi connectivity index (χ0v) is 12.4. The average molecular weight is 318 g/mol. The second kappa shape index (κ2) is 6.53. The number of sulfonamides is 1. The van der Waals surface area contributed by atoms with Gasteiger partial charge in [-0.1, -0.05) is 17.7 Å². The molecule has 6 nitrogen and oxygen atoms in total. The molecule has 0 radical (unpaired) electrons. The third-order valence-electron chi connectivity index (χ3n) is 2.99. The highest BCUT2D eigenvalue weighted by Gasteiger charge is 2.20. The van der Waals surface area contributed by atoms with Gasteiger partial charge in [0.05, 0.1) is 11.4 Å². The van der Waals surface area contributed by atoms with Gasteiger partial charge in [0.1, 0.15) is 0 Å². The van der Waals surface area contributed by atoms with Gasteiger partial charge in [0.15, 0.2) is 0 Å². The maximum absolute atomic E-state index is 12.0. The molecule has 20 heavy (non-hydrogen) atoms. The first-order valence-corrected chi connectivity index (χ1v) is 8.09. The predicted molar refractivity (Wildman–Crippen MR) is 76.1 cm³/mol. The largest absolute Gasteiger partial charge is 0.339 e. The van der Waals surface area contributed by atoms with E-state index in [4.69, 9.17) is 11.6 Å². The molecule has 1 aromatic rings. The fourth-order valence-corrected chi connectivity index (χ4v) is 3.18. The number of nitrogens with one attached hydrogen (secondary N) is 2. The molecule has 0 bridgehead atoms. The Morgan fingerprint density at radius 2 is 2.05 bits per heavy atom. The van der Waals surface area contributed by atoms with E-state index in [9.17, 15) is 13.2 Å². The van der Waals surface area contributed by atoms with Gasteiger partial charge >= 0.3 is 0 Å². The molecule has 0 saturated carbocycles. The minimum Gasteiger partial charge on any atom is -0.339 e. The third kappa shape index (κ3) is 3.92. The monoisotopic (exact) mass is 317 g/mol. The van der Waals surface area contributed by atoms with Gasteiger partial charge in [0.2, 0.25) is 15.9 Å². The Hall–Kier alpha value is -1.15. The molecule has 1 aliphatic rings. The van der Waals surface area contributed by atoms with Gasteiger partial charge in [-0.15, -0.1) is 0 Å². The molecule has 1 aliphatic heterocycles. The van der Waals surface area contributed by atoms with Crippen LogP contribution in [0.2, 0.25) is 5.02 Å². The van der Waals surface area contributed by atoms with Gasteiger partial charge in [0.25, 0.3) is 0 Å².